The number of aromatic nitrogens is 3. The number of likely N-dealkylation sites (N-methyl/N-ethyl adjacent to an activating group) is 5. The summed E-state index contributed by atoms with van der Waals surface area (Å²) in [5.41, 5.74) is 29.0. The number of nitrogens with zero attached hydrogens (tertiary/aromatic N) is 11. The second-order valence-corrected chi connectivity index (χ2v) is 43.0. The van der Waals surface area contributed by atoms with Gasteiger partial charge in [-0.2, -0.15) is 0 Å². The van der Waals surface area contributed by atoms with Gasteiger partial charge in [-0.05, 0) is 344 Å². The second kappa shape index (κ2) is 57.3. The molecule has 33 heteroatoms. The number of amidine groups is 1. The summed E-state index contributed by atoms with van der Waals surface area (Å²) in [4.78, 5) is 80.0. The Labute approximate surface area is 904 Å². The molecule has 13 aromatic rings. The van der Waals surface area contributed by atoms with E-state index in [0.29, 0.717) is 79.6 Å². The van der Waals surface area contributed by atoms with Crippen LogP contribution in [0.25, 0.3) is 32.7 Å². The van der Waals surface area contributed by atoms with Crippen molar-refractivity contribution in [2.75, 3.05) is 127 Å². The van der Waals surface area contributed by atoms with Crippen LogP contribution in [0.15, 0.2) is 288 Å². The third-order valence-electron chi connectivity index (χ3n) is 27.2. The Bertz CT molecular complexity index is 6130. The first-order chi connectivity index (χ1) is 69.1. The second-order valence-electron chi connectivity index (χ2n) is 37.2. The quantitative estimate of drug-likeness (QED) is 0.0103. The van der Waals surface area contributed by atoms with Gasteiger partial charge in [0.25, 0.3) is 0 Å². The van der Waals surface area contributed by atoms with E-state index in [4.69, 9.17) is 43.4 Å². The predicted octanol–water partition coefficient (Wildman–Crippen LogP) is 24.5. The zero-order valence-corrected chi connectivity index (χ0v) is 92.7. The molecule has 0 bridgehead atoms. The first kappa shape index (κ1) is 113. The summed E-state index contributed by atoms with van der Waals surface area (Å²) in [6.07, 6.45) is 21.2. The molecule has 7 atom stereocenters. The number of thiophene rings is 1. The maximum absolute atomic E-state index is 12.5. The van der Waals surface area contributed by atoms with Gasteiger partial charge in [0.05, 0.1) is 16.4 Å². The van der Waals surface area contributed by atoms with E-state index in [-0.39, 0.29) is 43.2 Å². The number of hydrogen-bond donors (Lipinski definition) is 7. The Hall–Kier alpha value is -10.1. The van der Waals surface area contributed by atoms with E-state index in [2.05, 4.69) is 278 Å². The van der Waals surface area contributed by atoms with Crippen LogP contribution in [-0.2, 0) is 51.9 Å². The van der Waals surface area contributed by atoms with Gasteiger partial charge in [-0.3, -0.25) is 19.4 Å². The Kier molecular flexibility index (Phi) is 44.8. The number of benzene rings is 9. The van der Waals surface area contributed by atoms with E-state index in [1.54, 1.807) is 11.3 Å². The summed E-state index contributed by atoms with van der Waals surface area (Å²) in [5, 5.41) is 24.5. The fourth-order valence-electron chi connectivity index (χ4n) is 18.9. The highest BCUT2D eigenvalue weighted by molar-refractivity contribution is 9.11. The number of halogens is 7. The number of carbonyl (C=O) groups excluding carboxylic acids is 4. The number of carboxylic acid groups (broad SMARTS) is 1. The fraction of sp³-hybridized carbons (Fsp3) is 0.369. The molecule has 0 spiro atoms. The van der Waals surface area contributed by atoms with Gasteiger partial charge in [0.2, 0.25) is 5.91 Å². The lowest BCUT2D eigenvalue weighted by Crippen LogP contribution is -2.43. The highest BCUT2D eigenvalue weighted by Crippen LogP contribution is 2.32. The third kappa shape index (κ3) is 34.0. The molecule has 766 valence electrons. The number of ketones is 1. The third-order valence-corrected chi connectivity index (χ3v) is 30.9. The molecule has 7 fully saturated rings. The molecule has 7 saturated heterocycles. The number of hydrogen-bond acceptors (Lipinski definition) is 18. The average molecular weight is 2340 g/mol. The maximum atomic E-state index is 12.5. The molecular formula is C111H134Br5Cl2N17O8S. The van der Waals surface area contributed by atoms with E-state index < -0.39 is 30.2 Å². The van der Waals surface area contributed by atoms with Crippen molar-refractivity contribution in [3.63, 3.8) is 0 Å². The van der Waals surface area contributed by atoms with Crippen molar-refractivity contribution in [2.45, 2.75) is 165 Å². The molecule has 0 saturated carbocycles. The molecule has 0 radical (unpaired) electrons. The zero-order valence-electron chi connectivity index (χ0n) is 82.4. The predicted molar refractivity (Wildman–Crippen MR) is 610 cm³/mol. The minimum atomic E-state index is -0.968. The molecule has 4 aromatic heterocycles. The smallest absolute Gasteiger partial charge is 0.410 e. The topological polar surface area (TPSA) is 288 Å². The number of nitrogen functional groups attached to an aromatic ring is 2. The van der Waals surface area contributed by atoms with Crippen LogP contribution >= 0.6 is 115 Å². The first-order valence-electron chi connectivity index (χ1n) is 49.1. The molecule has 7 aliphatic heterocycles. The van der Waals surface area contributed by atoms with Crippen LogP contribution in [-0.4, -0.2) is 231 Å². The average Bonchev–Trinajstić information content (AvgIpc) is 1.71. The fourth-order valence-corrected chi connectivity index (χ4v) is 21.2. The largest absolute Gasteiger partial charge is 0.480 e. The summed E-state index contributed by atoms with van der Waals surface area (Å²) < 4.78 is 22.7. The molecule has 11 heterocycles. The Morgan fingerprint density at radius 2 is 0.833 bits per heavy atom. The monoisotopic (exact) mass is 2330 g/mol. The lowest BCUT2D eigenvalue weighted by molar-refractivity contribution is -0.141. The van der Waals surface area contributed by atoms with E-state index in [9.17, 15) is 24.0 Å². The number of aliphatic carboxylic acids is 1. The number of aliphatic imine (C=N–C) groups is 1. The molecule has 144 heavy (non-hydrogen) atoms. The summed E-state index contributed by atoms with van der Waals surface area (Å²) in [7, 11) is 11.0. The van der Waals surface area contributed by atoms with Crippen molar-refractivity contribution in [3.05, 3.63) is 304 Å². The van der Waals surface area contributed by atoms with Crippen molar-refractivity contribution in [1.29, 1.82) is 0 Å². The van der Waals surface area contributed by atoms with E-state index in [1.165, 1.54) is 139 Å². The normalized spacial score (nSPS) is 18.9. The summed E-state index contributed by atoms with van der Waals surface area (Å²) in [6, 6.07) is 79.3. The lowest BCUT2D eigenvalue weighted by atomic mass is 10.1. The van der Waals surface area contributed by atoms with E-state index in [0.717, 1.165) is 107 Å². The molecule has 9 aromatic carbocycles. The Balaban J connectivity index is 0.000000148. The Morgan fingerprint density at radius 3 is 1.29 bits per heavy atom. The van der Waals surface area contributed by atoms with Gasteiger partial charge in [0, 0.05) is 184 Å². The number of carboxylic acids is 1. The van der Waals surface area contributed by atoms with Gasteiger partial charge >= 0.3 is 18.2 Å². The van der Waals surface area contributed by atoms with Crippen molar-refractivity contribution in [3.8, 4) is 0 Å². The lowest BCUT2D eigenvalue weighted by Gasteiger charge is -2.23. The number of nitrogens with two attached hydrogens (primary N) is 3. The van der Waals surface area contributed by atoms with Crippen LogP contribution in [0, 0.1) is 0 Å². The van der Waals surface area contributed by atoms with Crippen LogP contribution in [0.4, 0.5) is 43.7 Å². The van der Waals surface area contributed by atoms with Crippen molar-refractivity contribution < 1.29 is 38.6 Å². The SMILES string of the molecule is CN1CCC[C@H]1CNc1ccc(Br)cc1.CN1CCC[C@H]1CNc1ccc(Br)cc1C(=O)CCl.CN1CCC[C@H]1Cn1ccc2cc(Br)ccc21.CN1CCC[C@H]1Cn1ccc2cc(N)ccc21.CN1CCC[C@H]1Cn1ccc2cc(N=C(N)c3cccs3)ccc21.Cl.Nc1ccc(Br)cc1.O=C(Nc1ccc(Br)cc1)[C@@H]1CCCN1C(=O)OCc1ccccc1.O=C(O)[C@@H]1CCCN1C(=O)OCc1ccccc1. The minimum Gasteiger partial charge on any atom is -0.480 e. The maximum Gasteiger partial charge on any atom is 0.410 e. The number of ether oxygens (including phenoxy) is 2. The minimum absolute atomic E-state index is 0. The van der Waals surface area contributed by atoms with Crippen molar-refractivity contribution in [1.82, 2.24) is 48.0 Å². The van der Waals surface area contributed by atoms with Crippen LogP contribution < -0.4 is 33.2 Å². The highest BCUT2D eigenvalue weighted by Gasteiger charge is 2.37. The molecule has 10 N–H and O–H groups in total. The number of fused-ring (bicyclic) bond motifs is 3. The summed E-state index contributed by atoms with van der Waals surface area (Å²) in [6.45, 7) is 12.6. The van der Waals surface area contributed by atoms with Gasteiger partial charge in [-0.25, -0.2) is 19.4 Å². The van der Waals surface area contributed by atoms with Gasteiger partial charge in [0.1, 0.15) is 31.1 Å². The van der Waals surface area contributed by atoms with Gasteiger partial charge in [0.15, 0.2) is 5.78 Å². The van der Waals surface area contributed by atoms with Crippen molar-refractivity contribution in [2.24, 2.45) is 10.7 Å². The molecule has 7 aliphatic rings. The Morgan fingerprint density at radius 1 is 0.431 bits per heavy atom. The van der Waals surface area contributed by atoms with Crippen LogP contribution in [0.3, 0.4) is 0 Å². The summed E-state index contributed by atoms with van der Waals surface area (Å²) >= 11 is 24.3. The van der Waals surface area contributed by atoms with Gasteiger partial charge < -0.3 is 85.9 Å². The molecule has 0 unspecified atom stereocenters. The summed E-state index contributed by atoms with van der Waals surface area (Å²) in [5.74, 6) is -0.615. The number of likely N-dealkylation sites (tertiary alicyclic amines) is 7. The number of Topliss-reactive ketones (excluding diaryl/α,β-unsaturated/α-hetero) is 1. The number of rotatable bonds is 23. The molecule has 0 aliphatic carbocycles. The first-order valence-corrected chi connectivity index (χ1v) is 54.5. The zero-order chi connectivity index (χ0) is 101. The molecule has 3 amide bonds. The number of anilines is 5. The molecular weight excluding hydrogens is 2200 g/mol. The number of carbonyl (C=O) groups is 5. The van der Waals surface area contributed by atoms with Crippen molar-refractivity contribution >= 4 is 218 Å². The van der Waals surface area contributed by atoms with Gasteiger partial charge in [-0.1, -0.05) is 146 Å². The van der Waals surface area contributed by atoms with Crippen LogP contribution in [0.5, 0.6) is 0 Å². The standard InChI is InChI=1S/C19H19BrN2O3.C19H22N4S.C14H18BrClN2O.C14H17BrN2.C14H19N3.C13H15NO4.C12H17BrN2.C6H6BrN.ClH/c20-15-8-10-16(11-9-15)21-18(23)17-7-4-12-22(17)19(24)25-13-14-5-2-1-3-6-14;1-22-9-2-4-16(22)13-23-10-8-14-12-15(6-7-17(14)23)21-19(20)18-5-3-11-24-18;1-18-6-2-3-11(18)9-17-13-5-4-10(15)7-12(13)14(19)8-16;2*1-16-7-2-3-13(16)10-17-8-6-11-9-12(15)4-5-14(11)17;15-12(16)11-7-4-8-14(11)13(17)18-9-10-5-2-1-3-6-10;1-15-8-2-3-12(15)9-14-11-6-4-10(13)5-7-11;7-5-1-3-6(8)4-2-5;/h1-3,5-6,8-11,17H,4,7,12-13H2,(H,21,23);3,5-8,10-12,16H,2,4,9,13H2,1H3,(H2,20,21);4-5,7,11,17H,2-3,6,8-9H2,1H3;4-6,8-9,13H,2-3,7,10H2,1H3;4-6,8-9,13H,2-3,7,10,15H2,1H3;1-3,5-6,11H,4,7-9H2,(H,15,16);4-7,12,14H,2-3,8-9H2,1H3;1-4H,8H2;1H/t17-;16-;11-;2*13-;11-;12-;;/m0000000../s1. The number of nitrogens with one attached hydrogen (secondary N) is 3. The van der Waals surface area contributed by atoms with Crippen LogP contribution in [0.1, 0.15) is 116 Å². The molecule has 20 rings (SSSR count). The van der Waals surface area contributed by atoms with E-state index >= 15 is 0 Å². The highest BCUT2D eigenvalue weighted by atomic mass is 79.9. The number of alkyl halides is 1. The molecule has 25 nitrogen and oxygen atoms in total. The number of amides is 3. The van der Waals surface area contributed by atoms with E-state index in [1.807, 2.05) is 157 Å². The van der Waals surface area contributed by atoms with Gasteiger partial charge in [-0.15, -0.1) is 35.3 Å². The van der Waals surface area contributed by atoms with Crippen LogP contribution in [0.2, 0.25) is 0 Å².